The van der Waals surface area contributed by atoms with E-state index in [1.807, 2.05) is 19.1 Å². The number of carbonyl (C=O) groups is 1. The zero-order valence-corrected chi connectivity index (χ0v) is 19.6. The Kier molecular flexibility index (Phi) is 6.40. The Morgan fingerprint density at radius 2 is 1.97 bits per heavy atom. The first-order valence-corrected chi connectivity index (χ1v) is 12.3. The van der Waals surface area contributed by atoms with Crippen LogP contribution in [0.3, 0.4) is 0 Å². The zero-order valence-electron chi connectivity index (χ0n) is 18.9. The number of hydrogen-bond donors (Lipinski definition) is 2. The number of carbonyl (C=O) groups excluding carboxylic acids is 1. The standard InChI is InChI=1S/C26H33ClN4O/c1-18-6-7-22(12-25(18)27)29-9-3-11-30-14-20-16-31(17-21(20)15-30)26(32)23-5-2-4-19-8-10-28-13-24(19)23/h2,4-7,12,20-21,28-29H,3,8-11,13-17H2,1H3. The minimum absolute atomic E-state index is 0.229. The Balaban J connectivity index is 1.09. The maximum Gasteiger partial charge on any atom is 0.254 e. The van der Waals surface area contributed by atoms with E-state index in [-0.39, 0.29) is 5.91 Å². The third-order valence-electron chi connectivity index (χ3n) is 7.38. The van der Waals surface area contributed by atoms with Gasteiger partial charge in [-0.05, 0) is 79.6 Å². The molecular formula is C26H33ClN4O. The lowest BCUT2D eigenvalue weighted by Crippen LogP contribution is -2.35. The normalized spacial score (nSPS) is 22.6. The van der Waals surface area contributed by atoms with Gasteiger partial charge in [0.2, 0.25) is 0 Å². The molecule has 2 unspecified atom stereocenters. The molecule has 0 spiro atoms. The maximum atomic E-state index is 13.3. The molecule has 2 atom stereocenters. The first-order valence-electron chi connectivity index (χ1n) is 11.9. The molecular weight excluding hydrogens is 420 g/mol. The van der Waals surface area contributed by atoms with Crippen molar-refractivity contribution in [3.63, 3.8) is 0 Å². The predicted octanol–water partition coefficient (Wildman–Crippen LogP) is 3.80. The number of nitrogens with one attached hydrogen (secondary N) is 2. The van der Waals surface area contributed by atoms with Gasteiger partial charge in [-0.25, -0.2) is 0 Å². The molecule has 2 aromatic carbocycles. The number of fused-ring (bicyclic) bond motifs is 2. The smallest absolute Gasteiger partial charge is 0.254 e. The van der Waals surface area contributed by atoms with Gasteiger partial charge in [0.25, 0.3) is 5.91 Å². The maximum absolute atomic E-state index is 13.3. The fourth-order valence-electron chi connectivity index (χ4n) is 5.56. The van der Waals surface area contributed by atoms with Gasteiger partial charge in [-0.15, -0.1) is 0 Å². The highest BCUT2D eigenvalue weighted by Crippen LogP contribution is 2.33. The molecule has 2 N–H and O–H groups in total. The molecule has 170 valence electrons. The summed E-state index contributed by atoms with van der Waals surface area (Å²) in [6.45, 7) is 9.91. The SMILES string of the molecule is Cc1ccc(NCCCN2CC3CN(C(=O)c4cccc5c4CNCC5)CC3C2)cc1Cl. The summed E-state index contributed by atoms with van der Waals surface area (Å²) < 4.78 is 0. The van der Waals surface area contributed by atoms with Crippen LogP contribution in [-0.4, -0.2) is 61.5 Å². The van der Waals surface area contributed by atoms with Crippen LogP contribution in [0.1, 0.15) is 33.5 Å². The van der Waals surface area contributed by atoms with E-state index in [9.17, 15) is 4.79 Å². The zero-order chi connectivity index (χ0) is 22.1. The average molecular weight is 453 g/mol. The second-order valence-corrected chi connectivity index (χ2v) is 10.0. The van der Waals surface area contributed by atoms with Crippen LogP contribution in [0, 0.1) is 18.8 Å². The van der Waals surface area contributed by atoms with Gasteiger partial charge in [-0.3, -0.25) is 4.79 Å². The second-order valence-electron chi connectivity index (χ2n) is 9.60. The average Bonchev–Trinajstić information content (AvgIpc) is 3.37. The molecule has 2 aromatic rings. The van der Waals surface area contributed by atoms with Crippen LogP contribution in [-0.2, 0) is 13.0 Å². The van der Waals surface area contributed by atoms with Crippen LogP contribution in [0.2, 0.25) is 5.02 Å². The molecule has 0 aromatic heterocycles. The van der Waals surface area contributed by atoms with Crippen molar-refractivity contribution in [2.24, 2.45) is 11.8 Å². The van der Waals surface area contributed by atoms with Gasteiger partial charge >= 0.3 is 0 Å². The van der Waals surface area contributed by atoms with E-state index in [1.54, 1.807) is 0 Å². The van der Waals surface area contributed by atoms with Gasteiger partial charge < -0.3 is 20.4 Å². The topological polar surface area (TPSA) is 47.6 Å². The Morgan fingerprint density at radius 1 is 1.16 bits per heavy atom. The van der Waals surface area contributed by atoms with Crippen molar-refractivity contribution in [3.8, 4) is 0 Å². The van der Waals surface area contributed by atoms with E-state index >= 15 is 0 Å². The molecule has 2 fully saturated rings. The fourth-order valence-corrected chi connectivity index (χ4v) is 5.74. The highest BCUT2D eigenvalue weighted by Gasteiger charge is 2.41. The first-order chi connectivity index (χ1) is 15.6. The Morgan fingerprint density at radius 3 is 2.75 bits per heavy atom. The predicted molar refractivity (Wildman–Crippen MR) is 130 cm³/mol. The van der Waals surface area contributed by atoms with Gasteiger partial charge in [-0.2, -0.15) is 0 Å². The number of amides is 1. The number of nitrogens with zero attached hydrogens (tertiary/aromatic N) is 2. The van der Waals surface area contributed by atoms with Gasteiger partial charge in [0.1, 0.15) is 0 Å². The van der Waals surface area contributed by atoms with Crippen molar-refractivity contribution >= 4 is 23.2 Å². The van der Waals surface area contributed by atoms with E-state index in [0.717, 1.165) is 87.0 Å². The minimum atomic E-state index is 0.229. The Bertz CT molecular complexity index is 980. The monoisotopic (exact) mass is 452 g/mol. The molecule has 3 aliphatic heterocycles. The van der Waals surface area contributed by atoms with Crippen LogP contribution in [0.25, 0.3) is 0 Å². The summed E-state index contributed by atoms with van der Waals surface area (Å²) in [5, 5.41) is 7.72. The van der Waals surface area contributed by atoms with Crippen LogP contribution in [0.5, 0.6) is 0 Å². The van der Waals surface area contributed by atoms with Crippen molar-refractivity contribution in [1.29, 1.82) is 0 Å². The van der Waals surface area contributed by atoms with Crippen molar-refractivity contribution in [2.75, 3.05) is 51.1 Å². The number of anilines is 1. The van der Waals surface area contributed by atoms with E-state index in [4.69, 9.17) is 11.6 Å². The quantitative estimate of drug-likeness (QED) is 0.654. The summed E-state index contributed by atoms with van der Waals surface area (Å²) in [5.41, 5.74) is 5.66. The number of aryl methyl sites for hydroxylation is 1. The van der Waals surface area contributed by atoms with Crippen molar-refractivity contribution in [1.82, 2.24) is 15.1 Å². The Labute approximate surface area is 196 Å². The number of rotatable bonds is 6. The molecule has 1 amide bonds. The van der Waals surface area contributed by atoms with Crippen molar-refractivity contribution in [2.45, 2.75) is 26.3 Å². The molecule has 2 saturated heterocycles. The molecule has 3 aliphatic rings. The molecule has 32 heavy (non-hydrogen) atoms. The lowest BCUT2D eigenvalue weighted by molar-refractivity contribution is 0.0772. The molecule has 0 saturated carbocycles. The van der Waals surface area contributed by atoms with Crippen molar-refractivity contribution in [3.05, 3.63) is 63.7 Å². The van der Waals surface area contributed by atoms with E-state index in [1.165, 1.54) is 11.1 Å². The molecule has 0 aliphatic carbocycles. The summed E-state index contributed by atoms with van der Waals surface area (Å²) >= 11 is 6.21. The number of benzene rings is 2. The van der Waals surface area contributed by atoms with Gasteiger partial charge in [0, 0.05) is 55.5 Å². The minimum Gasteiger partial charge on any atom is -0.385 e. The van der Waals surface area contributed by atoms with Crippen LogP contribution < -0.4 is 10.6 Å². The van der Waals surface area contributed by atoms with Gasteiger partial charge in [0.05, 0.1) is 0 Å². The second kappa shape index (κ2) is 9.42. The molecule has 6 heteroatoms. The third-order valence-corrected chi connectivity index (χ3v) is 7.78. The number of likely N-dealkylation sites (tertiary alicyclic amines) is 2. The number of halogens is 1. The Hall–Kier alpha value is -2.08. The van der Waals surface area contributed by atoms with Crippen LogP contribution in [0.15, 0.2) is 36.4 Å². The first kappa shape index (κ1) is 21.7. The third kappa shape index (κ3) is 4.52. The van der Waals surface area contributed by atoms with E-state index in [0.29, 0.717) is 11.8 Å². The highest BCUT2D eigenvalue weighted by atomic mass is 35.5. The van der Waals surface area contributed by atoms with E-state index in [2.05, 4.69) is 44.7 Å². The van der Waals surface area contributed by atoms with Crippen LogP contribution in [0.4, 0.5) is 5.69 Å². The number of hydrogen-bond acceptors (Lipinski definition) is 4. The molecule has 5 rings (SSSR count). The van der Waals surface area contributed by atoms with Gasteiger partial charge in [0.15, 0.2) is 0 Å². The summed E-state index contributed by atoms with van der Waals surface area (Å²) in [4.78, 5) is 18.0. The molecule has 0 bridgehead atoms. The van der Waals surface area contributed by atoms with Gasteiger partial charge in [-0.1, -0.05) is 29.8 Å². The lowest BCUT2D eigenvalue weighted by atomic mass is 9.95. The summed E-state index contributed by atoms with van der Waals surface area (Å²) in [6.07, 6.45) is 2.12. The summed E-state index contributed by atoms with van der Waals surface area (Å²) in [6, 6.07) is 12.4. The molecule has 5 nitrogen and oxygen atoms in total. The largest absolute Gasteiger partial charge is 0.385 e. The highest BCUT2D eigenvalue weighted by molar-refractivity contribution is 6.31. The molecule has 0 radical (unpaired) electrons. The lowest BCUT2D eigenvalue weighted by Gasteiger charge is -2.25. The fraction of sp³-hybridized carbons (Fsp3) is 0.500. The summed E-state index contributed by atoms with van der Waals surface area (Å²) in [7, 11) is 0. The van der Waals surface area contributed by atoms with E-state index < -0.39 is 0 Å². The van der Waals surface area contributed by atoms with Crippen LogP contribution >= 0.6 is 11.6 Å². The summed E-state index contributed by atoms with van der Waals surface area (Å²) in [5.74, 6) is 1.45. The van der Waals surface area contributed by atoms with Crippen molar-refractivity contribution < 1.29 is 4.79 Å². The molecule has 3 heterocycles.